The molecular formula is C58H113NO7P+. The predicted octanol–water partition coefficient (Wildman–Crippen LogP) is 18.1. The number of quaternary nitrogens is 1. The van der Waals surface area contributed by atoms with Crippen LogP contribution in [0.3, 0.4) is 0 Å². The number of unbranched alkanes of at least 4 members (excludes halogenated alkanes) is 34. The van der Waals surface area contributed by atoms with Crippen molar-refractivity contribution in [2.75, 3.05) is 54.1 Å². The number of likely N-dealkylation sites (N-methyl/N-ethyl adjacent to an activating group) is 1. The zero-order valence-corrected chi connectivity index (χ0v) is 46.0. The summed E-state index contributed by atoms with van der Waals surface area (Å²) in [5.41, 5.74) is 0. The molecule has 67 heavy (non-hydrogen) atoms. The Balaban J connectivity index is 4.05. The number of carbonyl (C=O) groups is 1. The van der Waals surface area contributed by atoms with E-state index in [1.165, 1.54) is 205 Å². The van der Waals surface area contributed by atoms with Gasteiger partial charge in [0.05, 0.1) is 34.4 Å². The molecule has 0 rings (SSSR count). The lowest BCUT2D eigenvalue weighted by Gasteiger charge is -2.24. The van der Waals surface area contributed by atoms with Gasteiger partial charge in [0.25, 0.3) is 0 Å². The molecule has 1 N–H and O–H groups in total. The molecule has 0 saturated heterocycles. The lowest BCUT2D eigenvalue weighted by atomic mass is 10.0. The van der Waals surface area contributed by atoms with Crippen LogP contribution in [-0.2, 0) is 27.9 Å². The fourth-order valence-electron chi connectivity index (χ4n) is 8.27. The lowest BCUT2D eigenvalue weighted by Crippen LogP contribution is -2.37. The summed E-state index contributed by atoms with van der Waals surface area (Å²) in [6.45, 7) is 5.66. The molecule has 0 heterocycles. The van der Waals surface area contributed by atoms with Crippen molar-refractivity contribution in [3.63, 3.8) is 0 Å². The van der Waals surface area contributed by atoms with Crippen LogP contribution < -0.4 is 0 Å². The number of phosphoric ester groups is 1. The summed E-state index contributed by atoms with van der Waals surface area (Å²) in [4.78, 5) is 23.1. The summed E-state index contributed by atoms with van der Waals surface area (Å²) >= 11 is 0. The second kappa shape index (κ2) is 51.1. The highest BCUT2D eigenvalue weighted by molar-refractivity contribution is 7.47. The highest BCUT2D eigenvalue weighted by atomic mass is 31.2. The summed E-state index contributed by atoms with van der Waals surface area (Å²) in [5, 5.41) is 0. The van der Waals surface area contributed by atoms with Gasteiger partial charge in [-0.3, -0.25) is 13.8 Å². The van der Waals surface area contributed by atoms with E-state index in [1.807, 2.05) is 21.1 Å². The number of ether oxygens (including phenoxy) is 2. The van der Waals surface area contributed by atoms with Crippen molar-refractivity contribution >= 4 is 13.8 Å². The first-order chi connectivity index (χ1) is 32.6. The number of hydrogen-bond donors (Lipinski definition) is 1. The van der Waals surface area contributed by atoms with E-state index in [9.17, 15) is 14.3 Å². The van der Waals surface area contributed by atoms with Crippen LogP contribution in [0.5, 0.6) is 0 Å². The maximum absolute atomic E-state index is 12.8. The maximum atomic E-state index is 12.8. The van der Waals surface area contributed by atoms with Crippen molar-refractivity contribution in [2.24, 2.45) is 0 Å². The highest BCUT2D eigenvalue weighted by Crippen LogP contribution is 2.43. The molecule has 0 amide bonds. The number of rotatable bonds is 54. The van der Waals surface area contributed by atoms with Gasteiger partial charge < -0.3 is 18.9 Å². The number of hydrogen-bond acceptors (Lipinski definition) is 6. The minimum Gasteiger partial charge on any atom is -0.457 e. The van der Waals surface area contributed by atoms with Gasteiger partial charge in [-0.25, -0.2) is 4.57 Å². The molecule has 0 bridgehead atoms. The van der Waals surface area contributed by atoms with Gasteiger partial charge in [0.2, 0.25) is 0 Å². The van der Waals surface area contributed by atoms with Gasteiger partial charge in [0.15, 0.2) is 0 Å². The SMILES string of the molecule is CCCCCCC/C=C\C/C=C\C/C=C\CCCCCCCCCCCCCOCC(COP(=O)(O)OCC[N+](C)(C)C)OC(=O)CCCCCCCCCCCCCCCCCCCCC. The molecule has 0 aromatic carbocycles. The molecule has 9 heteroatoms. The van der Waals surface area contributed by atoms with Gasteiger partial charge in [-0.05, 0) is 51.4 Å². The van der Waals surface area contributed by atoms with Crippen molar-refractivity contribution in [2.45, 2.75) is 277 Å². The zero-order valence-electron chi connectivity index (χ0n) is 45.2. The average Bonchev–Trinajstić information content (AvgIpc) is 3.29. The van der Waals surface area contributed by atoms with Crippen LogP contribution in [-0.4, -0.2) is 75.6 Å². The molecule has 0 aliphatic heterocycles. The second-order valence-corrected chi connectivity index (χ2v) is 22.1. The summed E-state index contributed by atoms with van der Waals surface area (Å²) < 4.78 is 35.3. The van der Waals surface area contributed by atoms with Gasteiger partial charge in [0.1, 0.15) is 19.3 Å². The topological polar surface area (TPSA) is 91.3 Å². The molecule has 0 aromatic heterocycles. The van der Waals surface area contributed by atoms with E-state index >= 15 is 0 Å². The Morgan fingerprint density at radius 3 is 1.22 bits per heavy atom. The third-order valence-corrected chi connectivity index (χ3v) is 13.7. The van der Waals surface area contributed by atoms with Crippen molar-refractivity contribution in [1.29, 1.82) is 0 Å². The molecule has 2 unspecified atom stereocenters. The monoisotopic (exact) mass is 967 g/mol. The third kappa shape index (κ3) is 55.5. The Kier molecular flexibility index (Phi) is 50.1. The van der Waals surface area contributed by atoms with E-state index in [0.717, 1.165) is 44.9 Å². The number of phosphoric acid groups is 1. The number of allylic oxidation sites excluding steroid dienone is 6. The van der Waals surface area contributed by atoms with Crippen LogP contribution in [0.4, 0.5) is 0 Å². The molecule has 0 aliphatic rings. The van der Waals surface area contributed by atoms with Gasteiger partial charge >= 0.3 is 13.8 Å². The van der Waals surface area contributed by atoms with Crippen LogP contribution in [0.2, 0.25) is 0 Å². The Bertz CT molecular complexity index is 1170. The molecule has 0 fully saturated rings. The van der Waals surface area contributed by atoms with Gasteiger partial charge in [-0.1, -0.05) is 249 Å². The molecule has 0 spiro atoms. The Labute approximate surface area is 416 Å². The van der Waals surface area contributed by atoms with E-state index in [4.69, 9.17) is 18.5 Å². The molecule has 0 aliphatic carbocycles. The molecule has 0 saturated carbocycles. The maximum Gasteiger partial charge on any atom is 0.472 e. The smallest absolute Gasteiger partial charge is 0.457 e. The van der Waals surface area contributed by atoms with Gasteiger partial charge in [-0.2, -0.15) is 0 Å². The Hall–Kier alpha value is -1.28. The first-order valence-corrected chi connectivity index (χ1v) is 30.2. The minimum absolute atomic E-state index is 0.0897. The Morgan fingerprint density at radius 1 is 0.463 bits per heavy atom. The average molecular weight is 968 g/mol. The van der Waals surface area contributed by atoms with E-state index in [1.54, 1.807) is 0 Å². The van der Waals surface area contributed by atoms with Crippen molar-refractivity contribution in [3.05, 3.63) is 36.5 Å². The number of esters is 1. The van der Waals surface area contributed by atoms with E-state index in [0.29, 0.717) is 24.1 Å². The van der Waals surface area contributed by atoms with E-state index < -0.39 is 13.9 Å². The molecule has 396 valence electrons. The standard InChI is InChI=1S/C58H112NO7P/c1-6-8-10-12-14-16-18-20-22-24-26-27-28-29-30-31-32-34-36-38-40-42-44-46-48-50-53-63-55-57(56-65-67(61,62)64-54-52-59(3,4)5)66-58(60)51-49-47-45-43-41-39-37-35-33-25-23-21-19-17-15-13-11-9-7-2/h18,20,24,26,28-29,57H,6-17,19,21-23,25,27,30-56H2,1-5H3/p+1/b20-18-,26-24-,29-28-. The quantitative estimate of drug-likeness (QED) is 0.0213. The normalized spacial score (nSPS) is 13.7. The minimum atomic E-state index is -4.28. The Morgan fingerprint density at radius 2 is 0.821 bits per heavy atom. The molecular weight excluding hydrogens is 854 g/mol. The fraction of sp³-hybridized carbons (Fsp3) is 0.879. The van der Waals surface area contributed by atoms with E-state index in [2.05, 4.69) is 50.3 Å². The molecule has 0 radical (unpaired) electrons. The molecule has 2 atom stereocenters. The zero-order chi connectivity index (χ0) is 49.0. The first-order valence-electron chi connectivity index (χ1n) is 28.7. The van der Waals surface area contributed by atoms with E-state index in [-0.39, 0.29) is 25.8 Å². The highest BCUT2D eigenvalue weighted by Gasteiger charge is 2.26. The predicted molar refractivity (Wildman–Crippen MR) is 289 cm³/mol. The van der Waals surface area contributed by atoms with Crippen LogP contribution in [0.1, 0.15) is 271 Å². The molecule has 8 nitrogen and oxygen atoms in total. The van der Waals surface area contributed by atoms with Gasteiger partial charge in [-0.15, -0.1) is 0 Å². The summed E-state index contributed by atoms with van der Waals surface area (Å²) in [5.74, 6) is -0.309. The number of nitrogens with zero attached hydrogens (tertiary/aromatic N) is 1. The fourth-order valence-corrected chi connectivity index (χ4v) is 9.01. The summed E-state index contributed by atoms with van der Waals surface area (Å²) in [6, 6.07) is 0. The molecule has 0 aromatic rings. The first kappa shape index (κ1) is 65.7. The van der Waals surface area contributed by atoms with Crippen LogP contribution in [0.15, 0.2) is 36.5 Å². The van der Waals surface area contributed by atoms with Crippen molar-refractivity contribution in [1.82, 2.24) is 0 Å². The summed E-state index contributed by atoms with van der Waals surface area (Å²) in [6.07, 6.45) is 63.5. The van der Waals surface area contributed by atoms with Crippen molar-refractivity contribution in [3.8, 4) is 0 Å². The third-order valence-electron chi connectivity index (χ3n) is 12.7. The van der Waals surface area contributed by atoms with Crippen LogP contribution >= 0.6 is 7.82 Å². The second-order valence-electron chi connectivity index (χ2n) is 20.7. The lowest BCUT2D eigenvalue weighted by molar-refractivity contribution is -0.870. The van der Waals surface area contributed by atoms with Gasteiger partial charge in [0, 0.05) is 13.0 Å². The van der Waals surface area contributed by atoms with Crippen LogP contribution in [0, 0.1) is 0 Å². The summed E-state index contributed by atoms with van der Waals surface area (Å²) in [7, 11) is 1.68. The number of carbonyl (C=O) groups excluding carboxylic acids is 1. The van der Waals surface area contributed by atoms with Crippen molar-refractivity contribution < 1.29 is 37.3 Å². The van der Waals surface area contributed by atoms with Crippen LogP contribution in [0.25, 0.3) is 0 Å². The largest absolute Gasteiger partial charge is 0.472 e.